The summed E-state index contributed by atoms with van der Waals surface area (Å²) in [5, 5.41) is 2.96. The highest BCUT2D eigenvalue weighted by molar-refractivity contribution is 6.52. The molecule has 0 atom stereocenters. The predicted octanol–water partition coefficient (Wildman–Crippen LogP) is 1.54. The molecular weight excluding hydrogens is 216 g/mol. The number of nitrogens with one attached hydrogen (secondary N) is 1. The van der Waals surface area contributed by atoms with Crippen molar-refractivity contribution in [1.82, 2.24) is 0 Å². The van der Waals surface area contributed by atoms with Crippen LogP contribution in [0.3, 0.4) is 0 Å². The molecule has 0 saturated carbocycles. The van der Waals surface area contributed by atoms with Crippen LogP contribution in [0.5, 0.6) is 0 Å². The van der Waals surface area contributed by atoms with Gasteiger partial charge in [-0.05, 0) is 12.1 Å². The van der Waals surface area contributed by atoms with Crippen molar-refractivity contribution >= 4 is 34.7 Å². The van der Waals surface area contributed by atoms with Gasteiger partial charge in [0.15, 0.2) is 0 Å². The molecule has 1 amide bonds. The van der Waals surface area contributed by atoms with Gasteiger partial charge in [-0.1, -0.05) is 11.6 Å². The Kier molecular flexibility index (Phi) is 2.16. The van der Waals surface area contributed by atoms with Crippen LogP contribution in [0.1, 0.15) is 10.4 Å². The van der Waals surface area contributed by atoms with Crippen molar-refractivity contribution < 1.29 is 9.59 Å². The molecule has 1 heterocycles. The molecule has 1 aliphatic rings. The molecule has 0 aliphatic carbocycles. The molecule has 1 aromatic carbocycles. The third-order valence-corrected chi connectivity index (χ3v) is 2.57. The second kappa shape index (κ2) is 3.24. The fourth-order valence-corrected chi connectivity index (χ4v) is 1.83. The van der Waals surface area contributed by atoms with Crippen molar-refractivity contribution in [1.29, 1.82) is 0 Å². The Hall–Kier alpha value is -1.55. The molecule has 15 heavy (non-hydrogen) atoms. The number of ketones is 1. The van der Waals surface area contributed by atoms with Crippen molar-refractivity contribution in [3.63, 3.8) is 0 Å². The molecule has 0 bridgehead atoms. The predicted molar refractivity (Wildman–Crippen MR) is 58.7 cm³/mol. The van der Waals surface area contributed by atoms with Crippen LogP contribution in [0, 0.1) is 0 Å². The van der Waals surface area contributed by atoms with E-state index < -0.39 is 11.7 Å². The van der Waals surface area contributed by atoms with Crippen LogP contribution in [-0.4, -0.2) is 25.8 Å². The van der Waals surface area contributed by atoms with E-state index in [4.69, 9.17) is 11.6 Å². The molecule has 4 nitrogen and oxygen atoms in total. The van der Waals surface area contributed by atoms with Crippen LogP contribution >= 0.6 is 11.6 Å². The first kappa shape index (κ1) is 9.98. The van der Waals surface area contributed by atoms with Crippen LogP contribution < -0.4 is 10.2 Å². The summed E-state index contributed by atoms with van der Waals surface area (Å²) >= 11 is 5.98. The molecule has 0 fully saturated rings. The van der Waals surface area contributed by atoms with E-state index in [0.29, 0.717) is 16.3 Å². The first-order valence-corrected chi connectivity index (χ1v) is 4.75. The fourth-order valence-electron chi connectivity index (χ4n) is 1.50. The largest absolute Gasteiger partial charge is 0.376 e. The Morgan fingerprint density at radius 3 is 2.53 bits per heavy atom. The summed E-state index contributed by atoms with van der Waals surface area (Å²) in [5.41, 5.74) is 1.64. The van der Waals surface area contributed by atoms with Gasteiger partial charge in [-0.2, -0.15) is 0 Å². The average molecular weight is 225 g/mol. The smallest absolute Gasteiger partial charge is 0.296 e. The zero-order valence-electron chi connectivity index (χ0n) is 8.30. The lowest BCUT2D eigenvalue weighted by atomic mass is 10.1. The Bertz CT molecular complexity index is 469. The lowest BCUT2D eigenvalue weighted by Crippen LogP contribution is -2.12. The Morgan fingerprint density at radius 2 is 1.93 bits per heavy atom. The number of rotatable bonds is 1. The van der Waals surface area contributed by atoms with E-state index in [1.165, 1.54) is 6.07 Å². The number of halogens is 1. The van der Waals surface area contributed by atoms with Gasteiger partial charge in [-0.15, -0.1) is 0 Å². The van der Waals surface area contributed by atoms with Crippen molar-refractivity contribution in [3.8, 4) is 0 Å². The molecule has 0 radical (unpaired) electrons. The van der Waals surface area contributed by atoms with Crippen LogP contribution in [0.2, 0.25) is 5.02 Å². The molecule has 5 heteroatoms. The normalized spacial score (nSPS) is 13.8. The second-order valence-corrected chi connectivity index (χ2v) is 3.93. The molecule has 78 valence electrons. The van der Waals surface area contributed by atoms with Gasteiger partial charge in [0.05, 0.1) is 22.0 Å². The Labute approximate surface area is 91.8 Å². The number of hydrogen-bond acceptors (Lipinski definition) is 3. The summed E-state index contributed by atoms with van der Waals surface area (Å²) in [4.78, 5) is 24.3. The van der Waals surface area contributed by atoms with E-state index in [2.05, 4.69) is 5.32 Å². The van der Waals surface area contributed by atoms with E-state index >= 15 is 0 Å². The molecule has 1 aliphatic heterocycles. The number of Topliss-reactive ketones (excluding diaryl/α,β-unsaturated/α-hetero) is 1. The van der Waals surface area contributed by atoms with Gasteiger partial charge in [-0.25, -0.2) is 0 Å². The number of nitrogens with zero attached hydrogens (tertiary/aromatic N) is 1. The molecule has 0 unspecified atom stereocenters. The third kappa shape index (κ3) is 1.47. The first-order valence-electron chi connectivity index (χ1n) is 4.37. The van der Waals surface area contributed by atoms with E-state index in [1.807, 2.05) is 19.0 Å². The van der Waals surface area contributed by atoms with Gasteiger partial charge in [-0.3, -0.25) is 9.59 Å². The molecule has 0 saturated heterocycles. The second-order valence-electron chi connectivity index (χ2n) is 3.53. The fraction of sp³-hybridized carbons (Fsp3) is 0.200. The topological polar surface area (TPSA) is 49.4 Å². The number of fused-ring (bicyclic) bond motifs is 1. The molecule has 0 aromatic heterocycles. The van der Waals surface area contributed by atoms with Gasteiger partial charge < -0.3 is 10.2 Å². The summed E-state index contributed by atoms with van der Waals surface area (Å²) in [6.45, 7) is 0. The molecule has 1 N–H and O–H groups in total. The summed E-state index contributed by atoms with van der Waals surface area (Å²) in [6.07, 6.45) is 0. The molecular formula is C10H9ClN2O2. The van der Waals surface area contributed by atoms with Crippen molar-refractivity contribution in [2.75, 3.05) is 24.3 Å². The van der Waals surface area contributed by atoms with Gasteiger partial charge >= 0.3 is 0 Å². The Balaban J connectivity index is 2.59. The molecule has 0 spiro atoms. The van der Waals surface area contributed by atoms with Crippen LogP contribution in [-0.2, 0) is 4.79 Å². The highest BCUT2D eigenvalue weighted by atomic mass is 35.5. The van der Waals surface area contributed by atoms with E-state index in [9.17, 15) is 9.59 Å². The number of hydrogen-bond donors (Lipinski definition) is 1. The van der Waals surface area contributed by atoms with E-state index in [-0.39, 0.29) is 0 Å². The van der Waals surface area contributed by atoms with Crippen molar-refractivity contribution in [3.05, 3.63) is 22.7 Å². The average Bonchev–Trinajstić information content (AvgIpc) is 2.43. The third-order valence-electron chi connectivity index (χ3n) is 2.27. The maximum Gasteiger partial charge on any atom is 0.296 e. The van der Waals surface area contributed by atoms with Crippen LogP contribution in [0.25, 0.3) is 0 Å². The molecule has 2 rings (SSSR count). The lowest BCUT2D eigenvalue weighted by Gasteiger charge is -2.15. The summed E-state index contributed by atoms with van der Waals surface area (Å²) in [5.74, 6) is -1.13. The van der Waals surface area contributed by atoms with Crippen LogP contribution in [0.15, 0.2) is 12.1 Å². The number of amides is 1. The van der Waals surface area contributed by atoms with Crippen molar-refractivity contribution in [2.24, 2.45) is 0 Å². The summed E-state index contributed by atoms with van der Waals surface area (Å²) in [7, 11) is 3.68. The molecule has 1 aromatic rings. The zero-order chi connectivity index (χ0) is 11.2. The number of carbonyl (C=O) groups is 2. The van der Waals surface area contributed by atoms with E-state index in [0.717, 1.165) is 5.69 Å². The Morgan fingerprint density at radius 1 is 1.27 bits per heavy atom. The quantitative estimate of drug-likeness (QED) is 0.737. The maximum atomic E-state index is 11.3. The van der Waals surface area contributed by atoms with Gasteiger partial charge in [0.2, 0.25) is 0 Å². The standard InChI is InChI=1S/C10H9ClN2O2/c1-13(2)8-4-7-5(3-6(8)11)9(14)10(15)12-7/h3-4H,1-2H3,(H,12,14,15). The maximum absolute atomic E-state index is 11.3. The summed E-state index contributed by atoms with van der Waals surface area (Å²) < 4.78 is 0. The zero-order valence-corrected chi connectivity index (χ0v) is 9.05. The SMILES string of the molecule is CN(C)c1cc2c(cc1Cl)C(=O)C(=O)N2. The number of carbonyl (C=O) groups excluding carboxylic acids is 2. The van der Waals surface area contributed by atoms with Crippen molar-refractivity contribution in [2.45, 2.75) is 0 Å². The minimum absolute atomic E-state index is 0.343. The first-order chi connectivity index (χ1) is 7.00. The highest BCUT2D eigenvalue weighted by Gasteiger charge is 2.29. The number of anilines is 2. The monoisotopic (exact) mass is 224 g/mol. The summed E-state index contributed by atoms with van der Waals surface area (Å²) in [6, 6.07) is 3.22. The highest BCUT2D eigenvalue weighted by Crippen LogP contribution is 2.33. The lowest BCUT2D eigenvalue weighted by molar-refractivity contribution is -0.112. The number of benzene rings is 1. The van der Waals surface area contributed by atoms with Gasteiger partial charge in [0, 0.05) is 14.1 Å². The van der Waals surface area contributed by atoms with Gasteiger partial charge in [0.1, 0.15) is 0 Å². The minimum atomic E-state index is -0.600. The minimum Gasteiger partial charge on any atom is -0.376 e. The van der Waals surface area contributed by atoms with Gasteiger partial charge in [0.25, 0.3) is 11.7 Å². The van der Waals surface area contributed by atoms with Crippen LogP contribution in [0.4, 0.5) is 11.4 Å². The van der Waals surface area contributed by atoms with E-state index in [1.54, 1.807) is 6.07 Å².